The summed E-state index contributed by atoms with van der Waals surface area (Å²) in [7, 11) is -4.60. The van der Waals surface area contributed by atoms with Crippen molar-refractivity contribution in [3.8, 4) is 18.1 Å². The number of aromatic nitrogens is 3. The van der Waals surface area contributed by atoms with Crippen LogP contribution in [-0.2, 0) is 43.9 Å². The van der Waals surface area contributed by atoms with E-state index in [-0.39, 0.29) is 36.4 Å². The minimum Gasteiger partial charge on any atom is -0.419 e. The Morgan fingerprint density at radius 1 is 0.836 bits per heavy atom. The molecule has 5 atom stereocenters. The number of benzene rings is 2. The molecule has 0 aliphatic carbocycles. The third-order valence-corrected chi connectivity index (χ3v) is 13.4. The van der Waals surface area contributed by atoms with Crippen molar-refractivity contribution in [1.82, 2.24) is 14.6 Å². The van der Waals surface area contributed by atoms with Crippen molar-refractivity contribution in [2.45, 2.75) is 160 Å². The number of nitrogens with zero attached hydrogens (tertiary/aromatic N) is 5. The Morgan fingerprint density at radius 3 is 2.13 bits per heavy atom. The van der Waals surface area contributed by atoms with Crippen molar-refractivity contribution < 1.29 is 41.8 Å². The van der Waals surface area contributed by atoms with Crippen LogP contribution in [0.25, 0.3) is 5.52 Å². The number of halogens is 2. The minimum atomic E-state index is -4.60. The first-order valence-corrected chi connectivity index (χ1v) is 25.9. The van der Waals surface area contributed by atoms with Gasteiger partial charge in [-0.25, -0.2) is 14.1 Å². The lowest BCUT2D eigenvalue weighted by atomic mass is 10.0. The maximum Gasteiger partial charge on any atom is 0.530 e. The number of rotatable bonds is 33. The summed E-state index contributed by atoms with van der Waals surface area (Å²) < 4.78 is 64.7. The number of fused-ring (bicyclic) bond motifs is 1. The Labute approximate surface area is 406 Å². The maximum absolute atomic E-state index is 14.7. The molecule has 2 aromatic carbocycles. The van der Waals surface area contributed by atoms with E-state index in [4.69, 9.17) is 66.2 Å². The van der Waals surface area contributed by atoms with Gasteiger partial charge in [-0.1, -0.05) is 145 Å². The molecule has 15 nitrogen and oxygen atoms in total. The molecule has 0 saturated carbocycles. The van der Waals surface area contributed by atoms with Crippen LogP contribution in [-0.4, -0.2) is 65.1 Å². The van der Waals surface area contributed by atoms with Gasteiger partial charge in [-0.05, 0) is 62.2 Å². The number of hydrogen-bond acceptors (Lipinski definition) is 14. The molecule has 0 spiro atoms. The van der Waals surface area contributed by atoms with Gasteiger partial charge in [0, 0.05) is 6.61 Å². The average Bonchev–Trinajstić information content (AvgIpc) is 3.89. The van der Waals surface area contributed by atoms with Crippen LogP contribution < -0.4 is 10.3 Å². The van der Waals surface area contributed by atoms with Gasteiger partial charge in [0.05, 0.1) is 41.1 Å². The zero-order chi connectivity index (χ0) is 47.9. The molecule has 2 aromatic heterocycles. The van der Waals surface area contributed by atoms with Crippen LogP contribution in [0.1, 0.15) is 146 Å². The molecule has 366 valence electrons. The van der Waals surface area contributed by atoms with Gasteiger partial charge in [-0.3, -0.25) is 9.05 Å². The smallest absolute Gasteiger partial charge is 0.419 e. The van der Waals surface area contributed by atoms with Crippen molar-refractivity contribution >= 4 is 42.4 Å². The summed E-state index contributed by atoms with van der Waals surface area (Å²) in [6, 6.07) is 17.0. The molecule has 1 saturated heterocycles. The third-order valence-electron chi connectivity index (χ3n) is 11.5. The van der Waals surface area contributed by atoms with Crippen LogP contribution in [0.3, 0.4) is 0 Å². The Bertz CT molecular complexity index is 2240. The van der Waals surface area contributed by atoms with E-state index in [1.165, 1.54) is 95.9 Å². The molecule has 0 bridgehead atoms. The summed E-state index contributed by atoms with van der Waals surface area (Å²) in [6.07, 6.45) is 19.6. The van der Waals surface area contributed by atoms with Gasteiger partial charge in [0.1, 0.15) is 48.6 Å². The molecule has 4 aromatic rings. The molecule has 0 radical (unpaired) electrons. The van der Waals surface area contributed by atoms with E-state index in [0.29, 0.717) is 34.0 Å². The molecule has 67 heavy (non-hydrogen) atoms. The molecule has 2 N–H and O–H groups in total. The van der Waals surface area contributed by atoms with Gasteiger partial charge in [0.2, 0.25) is 0 Å². The highest BCUT2D eigenvalue weighted by atomic mass is 35.5. The normalized spacial score (nSPS) is 17.4. The fourth-order valence-electron chi connectivity index (χ4n) is 7.87. The van der Waals surface area contributed by atoms with Crippen molar-refractivity contribution in [1.29, 1.82) is 10.5 Å². The topological polar surface area (TPSA) is 195 Å². The highest BCUT2D eigenvalue weighted by Gasteiger charge is 2.49. The van der Waals surface area contributed by atoms with Gasteiger partial charge < -0.3 is 33.9 Å². The summed E-state index contributed by atoms with van der Waals surface area (Å²) in [5.41, 5.74) is 8.23. The van der Waals surface area contributed by atoms with Crippen LogP contribution >= 0.6 is 31.0 Å². The third kappa shape index (κ3) is 17.8. The van der Waals surface area contributed by atoms with Gasteiger partial charge in [-0.15, -0.1) is 0 Å². The lowest BCUT2D eigenvalue weighted by molar-refractivity contribution is -0.157. The van der Waals surface area contributed by atoms with Gasteiger partial charge in [0.15, 0.2) is 17.7 Å². The fourth-order valence-corrected chi connectivity index (χ4v) is 9.61. The molecular weight excluding hydrogens is 918 g/mol. The largest absolute Gasteiger partial charge is 0.530 e. The van der Waals surface area contributed by atoms with Crippen molar-refractivity contribution in [3.63, 3.8) is 0 Å². The SMILES string of the molecule is CCCCCCCCCCCCCCCCCCOC[C@H](COP(=O)(OC[C@@H](OC#N)[C@H]1OC(C)(C)O[C@H]1c1ccc2c(N)ncnn12)Oc1ccccc1Cl)OCc1ccc(C#N)c(Cl)c1. The summed E-state index contributed by atoms with van der Waals surface area (Å²) in [5.74, 6) is -0.849. The van der Waals surface area contributed by atoms with Gasteiger partial charge in [-0.2, -0.15) is 15.6 Å². The molecule has 0 amide bonds. The van der Waals surface area contributed by atoms with E-state index < -0.39 is 44.6 Å². The Hall–Kier alpha value is -3.99. The summed E-state index contributed by atoms with van der Waals surface area (Å²) in [5, 5.41) is 24.0. The number of para-hydroxylation sites is 1. The Kier molecular flexibility index (Phi) is 22.9. The number of anilines is 1. The summed E-state index contributed by atoms with van der Waals surface area (Å²) in [6.45, 7) is 5.55. The number of unbranched alkanes of at least 4 members (excludes halogenated alkanes) is 15. The zero-order valence-corrected chi connectivity index (χ0v) is 41.5. The molecule has 1 fully saturated rings. The lowest BCUT2D eigenvalue weighted by Gasteiger charge is -2.27. The number of hydrogen-bond donors (Lipinski definition) is 1. The van der Waals surface area contributed by atoms with Crippen molar-refractivity contribution in [2.24, 2.45) is 0 Å². The van der Waals surface area contributed by atoms with Crippen molar-refractivity contribution in [2.75, 3.05) is 32.2 Å². The van der Waals surface area contributed by atoms with E-state index in [9.17, 15) is 15.1 Å². The van der Waals surface area contributed by atoms with E-state index in [2.05, 4.69) is 23.1 Å². The van der Waals surface area contributed by atoms with Crippen LogP contribution in [0.5, 0.6) is 5.75 Å². The molecule has 5 rings (SSSR count). The monoisotopic (exact) mass is 984 g/mol. The van der Waals surface area contributed by atoms with E-state index in [1.807, 2.05) is 0 Å². The Morgan fingerprint density at radius 2 is 1.49 bits per heavy atom. The second-order valence-electron chi connectivity index (χ2n) is 17.3. The number of nitrogen functional groups attached to an aromatic ring is 1. The molecule has 1 unspecified atom stereocenters. The highest BCUT2D eigenvalue weighted by molar-refractivity contribution is 7.48. The first-order chi connectivity index (χ1) is 32.5. The van der Waals surface area contributed by atoms with E-state index in [1.54, 1.807) is 73.1 Å². The summed E-state index contributed by atoms with van der Waals surface area (Å²) >= 11 is 12.8. The van der Waals surface area contributed by atoms with Crippen molar-refractivity contribution in [3.05, 3.63) is 87.8 Å². The average molecular weight is 986 g/mol. The number of nitriles is 2. The van der Waals surface area contributed by atoms with Crippen LogP contribution in [0, 0.1) is 22.8 Å². The molecule has 3 heterocycles. The quantitative estimate of drug-likeness (QED) is 0.0269. The number of ether oxygens (including phenoxy) is 5. The number of nitrogens with two attached hydrogens (primary N) is 1. The predicted octanol–water partition coefficient (Wildman–Crippen LogP) is 12.6. The second kappa shape index (κ2) is 28.5. The Balaban J connectivity index is 1.19. The maximum atomic E-state index is 14.7. The minimum absolute atomic E-state index is 0.0334. The van der Waals surface area contributed by atoms with Crippen LogP contribution in [0.15, 0.2) is 60.9 Å². The highest BCUT2D eigenvalue weighted by Crippen LogP contribution is 2.52. The fraction of sp³-hybridized carbons (Fsp3) is 0.592. The molecule has 18 heteroatoms. The number of phosphoric acid groups is 1. The second-order valence-corrected chi connectivity index (χ2v) is 19.7. The molecular formula is C49H67Cl2N6O9P. The number of phosphoric ester groups is 1. The first kappa shape index (κ1) is 54.0. The van der Waals surface area contributed by atoms with E-state index in [0.717, 1.165) is 19.3 Å². The van der Waals surface area contributed by atoms with Crippen LogP contribution in [0.4, 0.5) is 5.82 Å². The predicted molar refractivity (Wildman–Crippen MR) is 257 cm³/mol. The summed E-state index contributed by atoms with van der Waals surface area (Å²) in [4.78, 5) is 4.06. The molecule has 1 aliphatic rings. The standard InChI is InChI=1S/C49H67Cl2N6O9P/c1-4-5-6-7-8-9-10-11-12-13-14-15-16-17-18-21-28-59-32-39(60-31-37-24-25-38(30-52)41(51)29-37)33-62-67(58,66-44-23-20-19-22-40(44)50)63-34-45(61-35-53)47-46(64-49(2,3)65-47)42-26-27-43-48(54)55-36-56-57(42)43/h19-20,22-27,29,36,39,45-47H,4-18,21,28,31-34H2,1-3H3,(H2,54,55,56)/t39-,45-,46+,47-,67?/m1/s1. The van der Waals surface area contributed by atoms with E-state index >= 15 is 0 Å². The van der Waals surface area contributed by atoms with Gasteiger partial charge in [0.25, 0.3) is 6.26 Å². The lowest BCUT2D eigenvalue weighted by Crippen LogP contribution is -2.37. The van der Waals surface area contributed by atoms with Gasteiger partial charge >= 0.3 is 7.82 Å². The van der Waals surface area contributed by atoms with Crippen LogP contribution in [0.2, 0.25) is 10.0 Å². The first-order valence-electron chi connectivity index (χ1n) is 23.7. The zero-order valence-electron chi connectivity index (χ0n) is 39.1. The molecule has 1 aliphatic heterocycles.